The first-order valence-corrected chi connectivity index (χ1v) is 8.71. The van der Waals surface area contributed by atoms with E-state index >= 15 is 0 Å². The Morgan fingerprint density at radius 2 is 1.83 bits per heavy atom. The number of nitrogens with one attached hydrogen (secondary N) is 1. The number of halogens is 3. The summed E-state index contributed by atoms with van der Waals surface area (Å²) in [6.07, 6.45) is 1.07. The van der Waals surface area contributed by atoms with Crippen LogP contribution in [-0.4, -0.2) is 6.04 Å². The zero-order valence-corrected chi connectivity index (χ0v) is 15.5. The fraction of sp³-hybridized carbons (Fsp3) is 0.333. The van der Waals surface area contributed by atoms with Gasteiger partial charge in [0.05, 0.1) is 10.0 Å². The average Bonchev–Trinajstić information content (AvgIpc) is 2.54. The van der Waals surface area contributed by atoms with Gasteiger partial charge in [0, 0.05) is 23.2 Å². The molecule has 0 aliphatic rings. The van der Waals surface area contributed by atoms with Gasteiger partial charge in [-0.1, -0.05) is 47.8 Å². The number of rotatable bonds is 7. The molecule has 0 aliphatic carbocycles. The molecule has 0 radical (unpaired) electrons. The van der Waals surface area contributed by atoms with Crippen molar-refractivity contribution in [2.45, 2.75) is 39.5 Å². The standard InChI is InChI=1S/C18H20Cl3NO/c1-3-12(2)22-10-14-9-15(19)5-7-18(14)23-11-13-4-6-16(20)17(21)8-13/h4-9,12,22H,3,10-11H2,1-2H3/t12-/m1/s1. The third-order valence-corrected chi connectivity index (χ3v) is 4.63. The molecule has 2 nitrogen and oxygen atoms in total. The van der Waals surface area contributed by atoms with Gasteiger partial charge in [-0.2, -0.15) is 0 Å². The first-order valence-electron chi connectivity index (χ1n) is 7.58. The summed E-state index contributed by atoms with van der Waals surface area (Å²) in [5.41, 5.74) is 2.01. The van der Waals surface area contributed by atoms with Crippen LogP contribution in [0.25, 0.3) is 0 Å². The highest BCUT2D eigenvalue weighted by molar-refractivity contribution is 6.42. The van der Waals surface area contributed by atoms with Gasteiger partial charge in [-0.25, -0.2) is 0 Å². The molecule has 2 aromatic rings. The van der Waals surface area contributed by atoms with Crippen molar-refractivity contribution in [3.8, 4) is 5.75 Å². The second-order valence-corrected chi connectivity index (χ2v) is 6.73. The molecule has 0 saturated carbocycles. The smallest absolute Gasteiger partial charge is 0.124 e. The third kappa shape index (κ3) is 5.58. The molecular weight excluding hydrogens is 353 g/mol. The monoisotopic (exact) mass is 371 g/mol. The molecule has 0 saturated heterocycles. The van der Waals surface area contributed by atoms with Gasteiger partial charge in [-0.15, -0.1) is 0 Å². The quantitative estimate of drug-likeness (QED) is 0.632. The topological polar surface area (TPSA) is 21.3 Å². The molecule has 1 atom stereocenters. The molecule has 2 aromatic carbocycles. The highest BCUT2D eigenvalue weighted by Gasteiger charge is 2.08. The van der Waals surface area contributed by atoms with Crippen molar-refractivity contribution in [2.75, 3.05) is 0 Å². The maximum absolute atomic E-state index is 6.11. The first-order chi connectivity index (χ1) is 11.0. The molecule has 124 valence electrons. The van der Waals surface area contributed by atoms with E-state index in [2.05, 4.69) is 19.2 Å². The minimum atomic E-state index is 0.425. The molecule has 23 heavy (non-hydrogen) atoms. The van der Waals surface area contributed by atoms with Crippen LogP contribution in [0.4, 0.5) is 0 Å². The van der Waals surface area contributed by atoms with Crippen molar-refractivity contribution in [3.05, 3.63) is 62.6 Å². The molecule has 0 amide bonds. The number of ether oxygens (including phenoxy) is 1. The molecule has 0 fully saturated rings. The Bertz CT molecular complexity index is 661. The molecule has 1 N–H and O–H groups in total. The van der Waals surface area contributed by atoms with Crippen molar-refractivity contribution >= 4 is 34.8 Å². The number of hydrogen-bond acceptors (Lipinski definition) is 2. The van der Waals surface area contributed by atoms with Crippen molar-refractivity contribution in [1.29, 1.82) is 0 Å². The number of benzene rings is 2. The predicted molar refractivity (Wildman–Crippen MR) is 98.8 cm³/mol. The van der Waals surface area contributed by atoms with Gasteiger partial charge >= 0.3 is 0 Å². The normalized spacial score (nSPS) is 12.2. The fourth-order valence-corrected chi connectivity index (χ4v) is 2.56. The second kappa shape index (κ2) is 8.79. The maximum Gasteiger partial charge on any atom is 0.124 e. The molecule has 0 aromatic heterocycles. The van der Waals surface area contributed by atoms with Crippen LogP contribution in [0.3, 0.4) is 0 Å². The van der Waals surface area contributed by atoms with Crippen LogP contribution in [0.1, 0.15) is 31.4 Å². The minimum absolute atomic E-state index is 0.425. The molecule has 0 spiro atoms. The van der Waals surface area contributed by atoms with E-state index in [1.54, 1.807) is 6.07 Å². The van der Waals surface area contributed by atoms with E-state index in [-0.39, 0.29) is 0 Å². The molecule has 0 bridgehead atoms. The van der Waals surface area contributed by atoms with Crippen LogP contribution in [0.5, 0.6) is 5.75 Å². The van der Waals surface area contributed by atoms with Gasteiger partial charge in [0.1, 0.15) is 12.4 Å². The van der Waals surface area contributed by atoms with E-state index in [1.807, 2.05) is 30.3 Å². The average molecular weight is 373 g/mol. The summed E-state index contributed by atoms with van der Waals surface area (Å²) in [5, 5.41) is 5.23. The fourth-order valence-electron chi connectivity index (χ4n) is 2.05. The Morgan fingerprint density at radius 1 is 1.04 bits per heavy atom. The van der Waals surface area contributed by atoms with Crippen LogP contribution in [0, 0.1) is 0 Å². The number of hydrogen-bond donors (Lipinski definition) is 1. The Balaban J connectivity index is 2.07. The largest absolute Gasteiger partial charge is 0.489 e. The Hall–Kier alpha value is -0.930. The van der Waals surface area contributed by atoms with E-state index in [0.29, 0.717) is 34.3 Å². The molecular formula is C18H20Cl3NO. The molecule has 5 heteroatoms. The summed E-state index contributed by atoms with van der Waals surface area (Å²) in [6.45, 7) is 5.44. The van der Waals surface area contributed by atoms with Gasteiger partial charge in [-0.05, 0) is 49.2 Å². The van der Waals surface area contributed by atoms with Crippen molar-refractivity contribution < 1.29 is 4.74 Å². The van der Waals surface area contributed by atoms with Crippen LogP contribution in [0.15, 0.2) is 36.4 Å². The lowest BCUT2D eigenvalue weighted by atomic mass is 10.1. The SMILES string of the molecule is CC[C@@H](C)NCc1cc(Cl)ccc1OCc1ccc(Cl)c(Cl)c1. The molecule has 0 aliphatic heterocycles. The van der Waals surface area contributed by atoms with E-state index in [4.69, 9.17) is 39.5 Å². The van der Waals surface area contributed by atoms with Gasteiger partial charge in [0.15, 0.2) is 0 Å². The van der Waals surface area contributed by atoms with Crippen molar-refractivity contribution in [1.82, 2.24) is 5.32 Å². The van der Waals surface area contributed by atoms with Gasteiger partial charge in [-0.3, -0.25) is 0 Å². The van der Waals surface area contributed by atoms with E-state index < -0.39 is 0 Å². The Kier molecular flexibility index (Phi) is 7.04. The van der Waals surface area contributed by atoms with Gasteiger partial charge in [0.25, 0.3) is 0 Å². The van der Waals surface area contributed by atoms with E-state index in [1.165, 1.54) is 0 Å². The zero-order valence-electron chi connectivity index (χ0n) is 13.2. The summed E-state index contributed by atoms with van der Waals surface area (Å²) >= 11 is 18.1. The summed E-state index contributed by atoms with van der Waals surface area (Å²) < 4.78 is 5.94. The van der Waals surface area contributed by atoms with Crippen molar-refractivity contribution in [3.63, 3.8) is 0 Å². The second-order valence-electron chi connectivity index (χ2n) is 5.48. The van der Waals surface area contributed by atoms with E-state index in [9.17, 15) is 0 Å². The van der Waals surface area contributed by atoms with Crippen LogP contribution < -0.4 is 10.1 Å². The van der Waals surface area contributed by atoms with Crippen molar-refractivity contribution in [2.24, 2.45) is 0 Å². The molecule has 0 heterocycles. The third-order valence-electron chi connectivity index (χ3n) is 3.65. The highest BCUT2D eigenvalue weighted by atomic mass is 35.5. The van der Waals surface area contributed by atoms with Gasteiger partial charge < -0.3 is 10.1 Å². The lowest BCUT2D eigenvalue weighted by Crippen LogP contribution is -2.24. The summed E-state index contributed by atoms with van der Waals surface area (Å²) in [4.78, 5) is 0. The zero-order chi connectivity index (χ0) is 16.8. The Labute approximate surface area is 152 Å². The lowest BCUT2D eigenvalue weighted by molar-refractivity contribution is 0.301. The highest BCUT2D eigenvalue weighted by Crippen LogP contribution is 2.26. The van der Waals surface area contributed by atoms with Crippen LogP contribution in [-0.2, 0) is 13.2 Å². The first kappa shape index (κ1) is 18.4. The minimum Gasteiger partial charge on any atom is -0.489 e. The van der Waals surface area contributed by atoms with Crippen LogP contribution >= 0.6 is 34.8 Å². The van der Waals surface area contributed by atoms with Gasteiger partial charge in [0.2, 0.25) is 0 Å². The van der Waals surface area contributed by atoms with E-state index in [0.717, 1.165) is 23.3 Å². The summed E-state index contributed by atoms with van der Waals surface area (Å²) in [5.74, 6) is 0.816. The predicted octanol–water partition coefficient (Wildman–Crippen LogP) is 6.11. The maximum atomic E-state index is 6.11. The molecule has 2 rings (SSSR count). The Morgan fingerprint density at radius 3 is 2.52 bits per heavy atom. The van der Waals surface area contributed by atoms with Crippen LogP contribution in [0.2, 0.25) is 15.1 Å². The molecule has 0 unspecified atom stereocenters. The summed E-state index contributed by atoms with van der Waals surface area (Å²) in [7, 11) is 0. The summed E-state index contributed by atoms with van der Waals surface area (Å²) in [6, 6.07) is 11.6. The lowest BCUT2D eigenvalue weighted by Gasteiger charge is -2.15.